The molecule has 29 heavy (non-hydrogen) atoms. The Bertz CT molecular complexity index is 874. The minimum absolute atomic E-state index is 0.0389. The van der Waals surface area contributed by atoms with Crippen LogP contribution in [0.2, 0.25) is 0 Å². The van der Waals surface area contributed by atoms with Crippen molar-refractivity contribution in [1.29, 1.82) is 0 Å². The van der Waals surface area contributed by atoms with Crippen LogP contribution < -0.4 is 5.32 Å². The molecule has 1 saturated carbocycles. The molecule has 0 radical (unpaired) electrons. The average molecular weight is 393 g/mol. The molecule has 0 heterocycles. The van der Waals surface area contributed by atoms with E-state index in [0.717, 1.165) is 22.4 Å². The van der Waals surface area contributed by atoms with Crippen LogP contribution in [0.3, 0.4) is 0 Å². The largest absolute Gasteiger partial charge is 0.336 e. The number of hydrogen-bond acceptors (Lipinski definition) is 2. The van der Waals surface area contributed by atoms with Gasteiger partial charge in [-0.05, 0) is 49.8 Å². The van der Waals surface area contributed by atoms with Crippen molar-refractivity contribution in [3.8, 4) is 0 Å². The molecule has 1 fully saturated rings. The van der Waals surface area contributed by atoms with E-state index in [-0.39, 0.29) is 29.7 Å². The van der Waals surface area contributed by atoms with Crippen molar-refractivity contribution in [3.05, 3.63) is 65.2 Å². The quantitative estimate of drug-likeness (QED) is 0.710. The van der Waals surface area contributed by atoms with Crippen LogP contribution >= 0.6 is 0 Å². The minimum Gasteiger partial charge on any atom is -0.336 e. The Labute approximate surface area is 174 Å². The third-order valence-corrected chi connectivity index (χ3v) is 5.72. The van der Waals surface area contributed by atoms with Gasteiger partial charge in [0.2, 0.25) is 11.8 Å². The molecule has 4 heteroatoms. The number of aryl methyl sites for hydroxylation is 1. The lowest BCUT2D eigenvalue weighted by Gasteiger charge is -2.27. The van der Waals surface area contributed by atoms with Crippen LogP contribution in [0, 0.1) is 18.8 Å². The second-order valence-corrected chi connectivity index (χ2v) is 8.68. The van der Waals surface area contributed by atoms with E-state index in [1.54, 1.807) is 0 Å². The Morgan fingerprint density at radius 2 is 1.69 bits per heavy atom. The van der Waals surface area contributed by atoms with Gasteiger partial charge in [0.25, 0.3) is 0 Å². The highest BCUT2D eigenvalue weighted by Crippen LogP contribution is 2.42. The number of nitrogens with zero attached hydrogens (tertiary/aromatic N) is 1. The molecule has 2 aromatic rings. The van der Waals surface area contributed by atoms with Crippen molar-refractivity contribution < 1.29 is 9.59 Å². The number of amides is 2. The van der Waals surface area contributed by atoms with Crippen molar-refractivity contribution in [2.75, 3.05) is 5.32 Å². The summed E-state index contributed by atoms with van der Waals surface area (Å²) in [6.07, 6.45) is 0.631. The molecule has 2 atom stereocenters. The first-order valence-electron chi connectivity index (χ1n) is 10.5. The molecule has 2 aromatic carbocycles. The highest BCUT2D eigenvalue weighted by Gasteiger charge is 2.50. The Kier molecular flexibility index (Phi) is 6.41. The fourth-order valence-electron chi connectivity index (χ4n) is 3.82. The lowest BCUT2D eigenvalue weighted by molar-refractivity contribution is -0.136. The second-order valence-electron chi connectivity index (χ2n) is 8.68. The molecule has 0 aromatic heterocycles. The summed E-state index contributed by atoms with van der Waals surface area (Å²) in [5, 5.41) is 3.12. The molecule has 3 rings (SSSR count). The van der Waals surface area contributed by atoms with E-state index in [2.05, 4.69) is 25.2 Å². The van der Waals surface area contributed by atoms with Gasteiger partial charge in [-0.2, -0.15) is 0 Å². The number of para-hydroxylation sites is 1. The van der Waals surface area contributed by atoms with E-state index in [9.17, 15) is 9.59 Å². The fourth-order valence-corrected chi connectivity index (χ4v) is 3.82. The predicted octanol–water partition coefficient (Wildman–Crippen LogP) is 5.13. The summed E-state index contributed by atoms with van der Waals surface area (Å²) < 4.78 is 0. The van der Waals surface area contributed by atoms with Crippen molar-refractivity contribution >= 4 is 17.5 Å². The van der Waals surface area contributed by atoms with Gasteiger partial charge >= 0.3 is 0 Å². The van der Waals surface area contributed by atoms with Crippen molar-refractivity contribution in [2.24, 2.45) is 11.8 Å². The molecule has 0 spiro atoms. The average Bonchev–Trinajstić information content (AvgIpc) is 3.48. The van der Waals surface area contributed by atoms with E-state index < -0.39 is 0 Å². The number of anilines is 1. The highest BCUT2D eigenvalue weighted by molar-refractivity contribution is 6.00. The Hall–Kier alpha value is -2.62. The summed E-state index contributed by atoms with van der Waals surface area (Å²) in [4.78, 5) is 27.9. The van der Waals surface area contributed by atoms with Crippen LogP contribution in [0.5, 0.6) is 0 Å². The van der Waals surface area contributed by atoms with Crippen molar-refractivity contribution in [2.45, 2.75) is 59.5 Å². The molecule has 1 aliphatic carbocycles. The molecule has 1 aliphatic rings. The Balaban J connectivity index is 1.68. The molecule has 1 N–H and O–H groups in total. The number of carbonyl (C=O) groups is 2. The van der Waals surface area contributed by atoms with Crippen LogP contribution in [0.15, 0.2) is 48.5 Å². The molecular formula is C25H32N2O2. The zero-order valence-corrected chi connectivity index (χ0v) is 18.1. The third-order valence-electron chi connectivity index (χ3n) is 5.72. The standard InChI is InChI=1S/C25H32N2O2/c1-16(2)20-13-9-10-18(5)23(20)26-24(28)21-14-22(21)25(29)27(17(3)4)15-19-11-7-6-8-12-19/h6-13,16-17,21-22H,14-15H2,1-5H3,(H,26,28). The minimum atomic E-state index is -0.237. The second kappa shape index (κ2) is 8.81. The molecule has 0 aliphatic heterocycles. The Morgan fingerprint density at radius 1 is 1.00 bits per heavy atom. The number of carbonyl (C=O) groups excluding carboxylic acids is 2. The van der Waals surface area contributed by atoms with Crippen molar-refractivity contribution in [3.63, 3.8) is 0 Å². The van der Waals surface area contributed by atoms with Crippen LogP contribution in [0.25, 0.3) is 0 Å². The molecule has 0 bridgehead atoms. The first-order chi connectivity index (χ1) is 13.8. The predicted molar refractivity (Wildman–Crippen MR) is 118 cm³/mol. The van der Waals surface area contributed by atoms with Crippen LogP contribution in [-0.4, -0.2) is 22.8 Å². The zero-order chi connectivity index (χ0) is 21.1. The molecule has 154 valence electrons. The molecule has 2 amide bonds. The van der Waals surface area contributed by atoms with Gasteiger partial charge in [-0.1, -0.05) is 62.4 Å². The van der Waals surface area contributed by atoms with Gasteiger partial charge in [0, 0.05) is 18.3 Å². The van der Waals surface area contributed by atoms with Crippen LogP contribution in [0.4, 0.5) is 5.69 Å². The van der Waals surface area contributed by atoms with Gasteiger partial charge in [-0.15, -0.1) is 0 Å². The lowest BCUT2D eigenvalue weighted by Crippen LogP contribution is -2.38. The molecule has 2 unspecified atom stereocenters. The summed E-state index contributed by atoms with van der Waals surface area (Å²) >= 11 is 0. The topological polar surface area (TPSA) is 49.4 Å². The monoisotopic (exact) mass is 392 g/mol. The van der Waals surface area contributed by atoms with E-state index >= 15 is 0 Å². The third kappa shape index (κ3) is 4.87. The zero-order valence-electron chi connectivity index (χ0n) is 18.1. The maximum absolute atomic E-state index is 13.1. The SMILES string of the molecule is Cc1cccc(C(C)C)c1NC(=O)C1CC1C(=O)N(Cc1ccccc1)C(C)C. The summed E-state index contributed by atoms with van der Waals surface area (Å²) in [6, 6.07) is 16.2. The number of rotatable bonds is 7. The van der Waals surface area contributed by atoms with Gasteiger partial charge in [0.05, 0.1) is 11.8 Å². The van der Waals surface area contributed by atoms with E-state index in [0.29, 0.717) is 18.9 Å². The lowest BCUT2D eigenvalue weighted by atomic mass is 9.98. The number of hydrogen-bond donors (Lipinski definition) is 1. The van der Waals surface area contributed by atoms with E-state index in [1.165, 1.54) is 0 Å². The Morgan fingerprint density at radius 3 is 2.31 bits per heavy atom. The number of benzene rings is 2. The van der Waals surface area contributed by atoms with Crippen molar-refractivity contribution in [1.82, 2.24) is 4.90 Å². The fraction of sp³-hybridized carbons (Fsp3) is 0.440. The maximum Gasteiger partial charge on any atom is 0.228 e. The van der Waals surface area contributed by atoms with Gasteiger partial charge in [0.1, 0.15) is 0 Å². The van der Waals surface area contributed by atoms with E-state index in [1.807, 2.05) is 68.1 Å². The summed E-state index contributed by atoms with van der Waals surface area (Å²) in [6.45, 7) is 10.9. The van der Waals surface area contributed by atoms with Gasteiger partial charge < -0.3 is 10.2 Å². The number of nitrogens with one attached hydrogen (secondary N) is 1. The molecule has 0 saturated heterocycles. The molecular weight excluding hydrogens is 360 g/mol. The van der Waals surface area contributed by atoms with Crippen LogP contribution in [0.1, 0.15) is 56.7 Å². The smallest absolute Gasteiger partial charge is 0.228 e. The van der Waals surface area contributed by atoms with Gasteiger partial charge in [-0.25, -0.2) is 0 Å². The van der Waals surface area contributed by atoms with E-state index in [4.69, 9.17) is 0 Å². The first-order valence-corrected chi connectivity index (χ1v) is 10.5. The first kappa shape index (κ1) is 21.1. The normalized spacial score (nSPS) is 18.0. The van der Waals surface area contributed by atoms with Crippen LogP contribution in [-0.2, 0) is 16.1 Å². The maximum atomic E-state index is 13.1. The van der Waals surface area contributed by atoms with Gasteiger partial charge in [-0.3, -0.25) is 9.59 Å². The highest BCUT2D eigenvalue weighted by atomic mass is 16.2. The summed E-state index contributed by atoms with van der Waals surface area (Å²) in [5.74, 6) is -0.0863. The summed E-state index contributed by atoms with van der Waals surface area (Å²) in [7, 11) is 0. The summed E-state index contributed by atoms with van der Waals surface area (Å²) in [5.41, 5.74) is 4.20. The molecule has 4 nitrogen and oxygen atoms in total. The van der Waals surface area contributed by atoms with Gasteiger partial charge in [0.15, 0.2) is 0 Å².